The summed E-state index contributed by atoms with van der Waals surface area (Å²) >= 11 is 1.42. The Morgan fingerprint density at radius 1 is 1.35 bits per heavy atom. The monoisotopic (exact) mass is 247 g/mol. The van der Waals surface area contributed by atoms with Crippen LogP contribution in [0.25, 0.3) is 0 Å². The van der Waals surface area contributed by atoms with Gasteiger partial charge < -0.3 is 0 Å². The van der Waals surface area contributed by atoms with Gasteiger partial charge in [0.1, 0.15) is 10.7 Å². The normalized spacial score (nSPS) is 14.6. The Bertz CT molecular complexity index is 537. The molecule has 2 aromatic rings. The fourth-order valence-corrected chi connectivity index (χ4v) is 2.27. The fourth-order valence-electron chi connectivity index (χ4n) is 1.36. The number of rotatable bonds is 3. The highest BCUT2D eigenvalue weighted by atomic mass is 32.1. The van der Waals surface area contributed by atoms with Crippen molar-refractivity contribution in [2.45, 2.75) is 18.8 Å². The van der Waals surface area contributed by atoms with Crippen LogP contribution in [-0.2, 0) is 0 Å². The van der Waals surface area contributed by atoms with Crippen LogP contribution in [0.3, 0.4) is 0 Å². The molecule has 6 nitrogen and oxygen atoms in total. The molecule has 0 bridgehead atoms. The van der Waals surface area contributed by atoms with E-state index in [1.165, 1.54) is 42.8 Å². The molecule has 0 atom stereocenters. The van der Waals surface area contributed by atoms with Crippen LogP contribution in [0.15, 0.2) is 18.6 Å². The van der Waals surface area contributed by atoms with Gasteiger partial charge in [0.15, 0.2) is 0 Å². The third-order valence-electron chi connectivity index (χ3n) is 2.38. The highest BCUT2D eigenvalue weighted by Gasteiger charge is 2.27. The molecule has 0 radical (unpaired) electrons. The Morgan fingerprint density at radius 2 is 2.24 bits per heavy atom. The highest BCUT2D eigenvalue weighted by molar-refractivity contribution is 7.15. The molecule has 1 saturated carbocycles. The molecular weight excluding hydrogens is 238 g/mol. The van der Waals surface area contributed by atoms with Gasteiger partial charge in [-0.05, 0) is 12.8 Å². The summed E-state index contributed by atoms with van der Waals surface area (Å²) in [5.74, 6) is 0.242. The zero-order valence-corrected chi connectivity index (χ0v) is 9.65. The van der Waals surface area contributed by atoms with Crippen molar-refractivity contribution in [2.24, 2.45) is 0 Å². The molecule has 3 rings (SSSR count). The van der Waals surface area contributed by atoms with Crippen molar-refractivity contribution in [3.63, 3.8) is 0 Å². The van der Waals surface area contributed by atoms with Crippen LogP contribution in [-0.4, -0.2) is 26.1 Å². The SMILES string of the molecule is O=C(Nc1nnc(C2CC2)s1)c1cnccn1. The van der Waals surface area contributed by atoms with Crippen molar-refractivity contribution in [1.82, 2.24) is 20.2 Å². The molecule has 0 spiro atoms. The second-order valence-electron chi connectivity index (χ2n) is 3.76. The summed E-state index contributed by atoms with van der Waals surface area (Å²) in [5.41, 5.74) is 0.274. The van der Waals surface area contributed by atoms with Gasteiger partial charge in [-0.2, -0.15) is 0 Å². The molecule has 17 heavy (non-hydrogen) atoms. The summed E-state index contributed by atoms with van der Waals surface area (Å²) in [7, 11) is 0. The number of nitrogens with one attached hydrogen (secondary N) is 1. The molecule has 1 fully saturated rings. The predicted octanol–water partition coefficient (Wildman–Crippen LogP) is 1.46. The molecular formula is C10H9N5OS. The lowest BCUT2D eigenvalue weighted by atomic mass is 10.4. The number of aromatic nitrogens is 4. The van der Waals surface area contributed by atoms with E-state index in [2.05, 4.69) is 25.5 Å². The first-order valence-electron chi connectivity index (χ1n) is 5.23. The molecule has 1 aliphatic carbocycles. The first kappa shape index (κ1) is 10.3. The maximum Gasteiger partial charge on any atom is 0.277 e. The molecule has 7 heteroatoms. The molecule has 0 saturated heterocycles. The van der Waals surface area contributed by atoms with Crippen molar-refractivity contribution >= 4 is 22.4 Å². The van der Waals surface area contributed by atoms with Gasteiger partial charge in [0.25, 0.3) is 5.91 Å². The largest absolute Gasteiger partial charge is 0.295 e. The average Bonchev–Trinajstić information content (AvgIpc) is 3.12. The van der Waals surface area contributed by atoms with Crippen LogP contribution in [0, 0.1) is 0 Å². The van der Waals surface area contributed by atoms with Gasteiger partial charge >= 0.3 is 0 Å². The molecule has 1 aliphatic rings. The van der Waals surface area contributed by atoms with E-state index < -0.39 is 0 Å². The average molecular weight is 247 g/mol. The van der Waals surface area contributed by atoms with E-state index in [9.17, 15) is 4.79 Å². The zero-order chi connectivity index (χ0) is 11.7. The Hall–Kier alpha value is -1.89. The summed E-state index contributed by atoms with van der Waals surface area (Å²) in [6.45, 7) is 0. The first-order valence-corrected chi connectivity index (χ1v) is 6.05. The van der Waals surface area contributed by atoms with Crippen LogP contribution < -0.4 is 5.32 Å². The Balaban J connectivity index is 1.71. The van der Waals surface area contributed by atoms with Crippen molar-refractivity contribution in [2.75, 3.05) is 5.32 Å². The van der Waals surface area contributed by atoms with Crippen LogP contribution in [0.5, 0.6) is 0 Å². The molecule has 1 amide bonds. The van der Waals surface area contributed by atoms with Crippen LogP contribution in [0.2, 0.25) is 0 Å². The van der Waals surface area contributed by atoms with Crippen LogP contribution in [0.1, 0.15) is 34.3 Å². The summed E-state index contributed by atoms with van der Waals surface area (Å²) in [6.07, 6.45) is 6.76. The van der Waals surface area contributed by atoms with Crippen molar-refractivity contribution < 1.29 is 4.79 Å². The van der Waals surface area contributed by atoms with E-state index in [0.717, 1.165) is 5.01 Å². The van der Waals surface area contributed by atoms with Gasteiger partial charge in [-0.1, -0.05) is 11.3 Å². The van der Waals surface area contributed by atoms with E-state index in [-0.39, 0.29) is 11.6 Å². The second kappa shape index (κ2) is 4.17. The number of anilines is 1. The van der Waals surface area contributed by atoms with Gasteiger partial charge in [0.2, 0.25) is 5.13 Å². The quantitative estimate of drug-likeness (QED) is 0.888. The summed E-state index contributed by atoms with van der Waals surface area (Å²) in [4.78, 5) is 19.5. The van der Waals surface area contributed by atoms with Crippen molar-refractivity contribution in [3.8, 4) is 0 Å². The lowest BCUT2D eigenvalue weighted by molar-refractivity contribution is 0.102. The number of hydrogen-bond acceptors (Lipinski definition) is 6. The van der Waals surface area contributed by atoms with E-state index in [0.29, 0.717) is 11.0 Å². The van der Waals surface area contributed by atoms with E-state index in [4.69, 9.17) is 0 Å². The minimum Gasteiger partial charge on any atom is -0.295 e. The summed E-state index contributed by atoms with van der Waals surface area (Å²) in [6, 6.07) is 0. The minimum atomic E-state index is -0.309. The van der Waals surface area contributed by atoms with E-state index in [1.54, 1.807) is 0 Å². The lowest BCUT2D eigenvalue weighted by Crippen LogP contribution is -2.13. The molecule has 1 N–H and O–H groups in total. The van der Waals surface area contributed by atoms with Gasteiger partial charge in [-0.25, -0.2) is 4.98 Å². The minimum absolute atomic E-state index is 0.274. The Morgan fingerprint density at radius 3 is 2.94 bits per heavy atom. The number of nitrogens with zero attached hydrogens (tertiary/aromatic N) is 4. The standard InChI is InChI=1S/C10H9N5OS/c16-8(7-5-11-3-4-12-7)13-10-15-14-9(17-10)6-1-2-6/h3-6H,1-2H2,(H,13,15,16). The second-order valence-corrected chi connectivity index (χ2v) is 4.77. The number of carbonyl (C=O) groups excluding carboxylic acids is 1. The van der Waals surface area contributed by atoms with E-state index in [1.807, 2.05) is 0 Å². The van der Waals surface area contributed by atoms with Gasteiger partial charge in [-0.15, -0.1) is 10.2 Å². The van der Waals surface area contributed by atoms with Crippen molar-refractivity contribution in [1.29, 1.82) is 0 Å². The predicted molar refractivity (Wildman–Crippen MR) is 61.9 cm³/mol. The number of hydrogen-bond donors (Lipinski definition) is 1. The zero-order valence-electron chi connectivity index (χ0n) is 8.83. The van der Waals surface area contributed by atoms with Gasteiger partial charge in [-0.3, -0.25) is 15.1 Å². The molecule has 86 valence electrons. The highest BCUT2D eigenvalue weighted by Crippen LogP contribution is 2.42. The lowest BCUT2D eigenvalue weighted by Gasteiger charge is -1.98. The smallest absolute Gasteiger partial charge is 0.277 e. The third kappa shape index (κ3) is 2.28. The summed E-state index contributed by atoms with van der Waals surface area (Å²) < 4.78 is 0. The topological polar surface area (TPSA) is 80.7 Å². The third-order valence-corrected chi connectivity index (χ3v) is 3.38. The molecule has 2 heterocycles. The van der Waals surface area contributed by atoms with E-state index >= 15 is 0 Å². The Labute approximate surface area is 101 Å². The maximum atomic E-state index is 11.7. The van der Waals surface area contributed by atoms with Crippen molar-refractivity contribution in [3.05, 3.63) is 29.3 Å². The van der Waals surface area contributed by atoms with Gasteiger partial charge in [0, 0.05) is 18.3 Å². The van der Waals surface area contributed by atoms with Crippen LogP contribution in [0.4, 0.5) is 5.13 Å². The maximum absolute atomic E-state index is 11.7. The van der Waals surface area contributed by atoms with Gasteiger partial charge in [0.05, 0.1) is 6.20 Å². The fraction of sp³-hybridized carbons (Fsp3) is 0.300. The molecule has 2 aromatic heterocycles. The molecule has 0 aromatic carbocycles. The summed E-state index contributed by atoms with van der Waals surface area (Å²) in [5, 5.41) is 12.2. The Kier molecular flexibility index (Phi) is 2.52. The molecule has 0 aliphatic heterocycles. The van der Waals surface area contributed by atoms with Crippen LogP contribution >= 0.6 is 11.3 Å². The molecule has 0 unspecified atom stereocenters. The number of amides is 1. The first-order chi connectivity index (χ1) is 8.33. The number of carbonyl (C=O) groups is 1.